The van der Waals surface area contributed by atoms with E-state index in [1.165, 1.54) is 6.92 Å². The first-order chi connectivity index (χ1) is 18.0. The molecule has 2 heterocycles. The molecule has 1 unspecified atom stereocenters. The molecular weight excluding hydrogens is 484 g/mol. The summed E-state index contributed by atoms with van der Waals surface area (Å²) in [4.78, 5) is 66.2. The lowest BCUT2D eigenvalue weighted by Gasteiger charge is -2.35. The van der Waals surface area contributed by atoms with Gasteiger partial charge < -0.3 is 19.7 Å². The van der Waals surface area contributed by atoms with Crippen LogP contribution >= 0.6 is 0 Å². The lowest BCUT2D eigenvalue weighted by molar-refractivity contribution is -0.143. The van der Waals surface area contributed by atoms with Crippen LogP contribution in [0.1, 0.15) is 78.2 Å². The van der Waals surface area contributed by atoms with E-state index in [0.717, 1.165) is 18.4 Å². The average Bonchev–Trinajstić information content (AvgIpc) is 3.64. The quantitative estimate of drug-likeness (QED) is 0.372. The Morgan fingerprint density at radius 3 is 2.37 bits per heavy atom. The second-order valence-corrected chi connectivity index (χ2v) is 11.4. The number of nitrogens with zero attached hydrogens (tertiary/aromatic N) is 1. The Kier molecular flexibility index (Phi) is 10.4. The molecule has 0 saturated carbocycles. The van der Waals surface area contributed by atoms with Crippen LogP contribution in [0.25, 0.3) is 0 Å². The molecular formula is C30H42N2O6. The molecule has 8 nitrogen and oxygen atoms in total. The lowest BCUT2D eigenvalue weighted by atomic mass is 9.87. The number of ketones is 3. The van der Waals surface area contributed by atoms with Crippen LogP contribution in [0.5, 0.6) is 0 Å². The van der Waals surface area contributed by atoms with E-state index in [9.17, 15) is 24.0 Å². The van der Waals surface area contributed by atoms with Gasteiger partial charge in [0.1, 0.15) is 11.4 Å². The maximum absolute atomic E-state index is 13.6. The summed E-state index contributed by atoms with van der Waals surface area (Å²) in [6, 6.07) is 8.21. The van der Waals surface area contributed by atoms with E-state index >= 15 is 0 Å². The highest BCUT2D eigenvalue weighted by Crippen LogP contribution is 2.30. The fourth-order valence-electron chi connectivity index (χ4n) is 5.14. The predicted octanol–water partition coefficient (Wildman–Crippen LogP) is 3.44. The van der Waals surface area contributed by atoms with Crippen LogP contribution < -0.4 is 5.32 Å². The van der Waals surface area contributed by atoms with Gasteiger partial charge >= 0.3 is 0 Å². The highest BCUT2D eigenvalue weighted by atomic mass is 16.6. The molecule has 2 aliphatic rings. The monoisotopic (exact) mass is 526 g/mol. The van der Waals surface area contributed by atoms with E-state index in [1.54, 1.807) is 11.8 Å². The predicted molar refractivity (Wildman–Crippen MR) is 143 cm³/mol. The zero-order valence-corrected chi connectivity index (χ0v) is 23.2. The number of likely N-dealkylation sites (tertiary alicyclic amines) is 1. The fraction of sp³-hybridized carbons (Fsp3) is 0.633. The van der Waals surface area contributed by atoms with E-state index in [0.29, 0.717) is 32.4 Å². The van der Waals surface area contributed by atoms with Gasteiger partial charge in [-0.1, -0.05) is 44.2 Å². The minimum absolute atomic E-state index is 0.0295. The van der Waals surface area contributed by atoms with E-state index in [4.69, 9.17) is 4.74 Å². The summed E-state index contributed by atoms with van der Waals surface area (Å²) in [6.07, 6.45) is 3.23. The van der Waals surface area contributed by atoms with Crippen LogP contribution in [0.15, 0.2) is 30.3 Å². The van der Waals surface area contributed by atoms with E-state index in [2.05, 4.69) is 5.32 Å². The molecule has 0 radical (unpaired) electrons. The van der Waals surface area contributed by atoms with Gasteiger partial charge in [0.25, 0.3) is 0 Å². The molecule has 1 aromatic carbocycles. The number of rotatable bonds is 14. The summed E-state index contributed by atoms with van der Waals surface area (Å²) in [7, 11) is 0. The van der Waals surface area contributed by atoms with Gasteiger partial charge in [0.05, 0.1) is 18.7 Å². The van der Waals surface area contributed by atoms with Crippen molar-refractivity contribution in [1.29, 1.82) is 0 Å². The summed E-state index contributed by atoms with van der Waals surface area (Å²) in [5, 5.41) is 2.95. The lowest BCUT2D eigenvalue weighted by Crippen LogP contribution is -2.51. The Labute approximate surface area is 225 Å². The number of piperidine rings is 1. The molecule has 1 aromatic rings. The summed E-state index contributed by atoms with van der Waals surface area (Å²) in [6.45, 7) is 8.00. The number of carbonyl (C=O) groups excluding carboxylic acids is 5. The Morgan fingerprint density at radius 2 is 1.76 bits per heavy atom. The molecule has 0 aliphatic carbocycles. The van der Waals surface area contributed by atoms with E-state index < -0.39 is 23.6 Å². The van der Waals surface area contributed by atoms with Crippen molar-refractivity contribution in [1.82, 2.24) is 10.2 Å². The number of nitrogens with one attached hydrogen (secondary N) is 1. The second-order valence-electron chi connectivity index (χ2n) is 11.4. The van der Waals surface area contributed by atoms with Gasteiger partial charge in [-0.15, -0.1) is 0 Å². The number of amides is 2. The van der Waals surface area contributed by atoms with Crippen molar-refractivity contribution in [3.8, 4) is 0 Å². The van der Waals surface area contributed by atoms with Crippen LogP contribution in [0, 0.1) is 11.8 Å². The molecule has 2 fully saturated rings. The van der Waals surface area contributed by atoms with Gasteiger partial charge in [-0.25, -0.2) is 0 Å². The third-order valence-electron chi connectivity index (χ3n) is 7.47. The Balaban J connectivity index is 1.77. The molecule has 0 bridgehead atoms. The van der Waals surface area contributed by atoms with Gasteiger partial charge in [-0.05, 0) is 57.4 Å². The van der Waals surface area contributed by atoms with E-state index in [1.807, 2.05) is 44.2 Å². The van der Waals surface area contributed by atoms with Gasteiger partial charge in [-0.2, -0.15) is 0 Å². The third kappa shape index (κ3) is 8.32. The van der Waals surface area contributed by atoms with Crippen molar-refractivity contribution >= 4 is 29.2 Å². The Bertz CT molecular complexity index is 1020. The molecule has 4 atom stereocenters. The summed E-state index contributed by atoms with van der Waals surface area (Å²) < 4.78 is 5.36. The summed E-state index contributed by atoms with van der Waals surface area (Å²) >= 11 is 0. The Hall–Kier alpha value is -2.87. The molecule has 2 aliphatic heterocycles. The van der Waals surface area contributed by atoms with Crippen molar-refractivity contribution in [2.45, 2.75) is 96.7 Å². The molecule has 0 aromatic heterocycles. The first-order valence-electron chi connectivity index (χ1n) is 13.8. The molecule has 1 N–H and O–H groups in total. The minimum Gasteiger partial charge on any atom is -0.361 e. The fourth-order valence-corrected chi connectivity index (χ4v) is 5.14. The largest absolute Gasteiger partial charge is 0.361 e. The molecule has 3 rings (SSSR count). The number of ether oxygens (including phenoxy) is 1. The van der Waals surface area contributed by atoms with Crippen molar-refractivity contribution in [2.24, 2.45) is 11.8 Å². The smallest absolute Gasteiger partial charge is 0.224 e. The molecule has 0 spiro atoms. The van der Waals surface area contributed by atoms with Crippen molar-refractivity contribution in [2.75, 3.05) is 13.2 Å². The second kappa shape index (κ2) is 13.3. The first kappa shape index (κ1) is 29.7. The number of hydrogen-bond donors (Lipinski definition) is 1. The van der Waals surface area contributed by atoms with Gasteiger partial charge in [-0.3, -0.25) is 19.2 Å². The molecule has 2 amide bonds. The van der Waals surface area contributed by atoms with Crippen LogP contribution in [0.2, 0.25) is 0 Å². The summed E-state index contributed by atoms with van der Waals surface area (Å²) in [5.41, 5.74) is 0.0585. The Morgan fingerprint density at radius 1 is 1.08 bits per heavy atom. The highest BCUT2D eigenvalue weighted by Gasteiger charge is 2.50. The molecule has 8 heteroatoms. The van der Waals surface area contributed by atoms with Crippen molar-refractivity contribution < 1.29 is 28.7 Å². The van der Waals surface area contributed by atoms with Crippen LogP contribution in [0.4, 0.5) is 0 Å². The normalized spacial score (nSPS) is 22.4. The maximum Gasteiger partial charge on any atom is 0.224 e. The molecule has 208 valence electrons. The topological polar surface area (TPSA) is 113 Å². The maximum atomic E-state index is 13.6. The van der Waals surface area contributed by atoms with Crippen LogP contribution in [0.3, 0.4) is 0 Å². The molecule has 38 heavy (non-hydrogen) atoms. The minimum atomic E-state index is -0.861. The zero-order valence-electron chi connectivity index (χ0n) is 23.2. The SMILES string of the molecule is CC(=O)CCC(=O)N1CCCCC1C(=O)C[C@@H](Cc1ccccc1)C(=O)N[C@@H](CC(C)C)C(=O)[C@@]1(C)CO1. The van der Waals surface area contributed by atoms with Crippen molar-refractivity contribution in [3.05, 3.63) is 35.9 Å². The van der Waals surface area contributed by atoms with Crippen LogP contribution in [-0.2, 0) is 35.1 Å². The molecule has 2 saturated heterocycles. The van der Waals surface area contributed by atoms with Crippen molar-refractivity contribution in [3.63, 3.8) is 0 Å². The zero-order chi connectivity index (χ0) is 27.9. The third-order valence-corrected chi connectivity index (χ3v) is 7.47. The first-order valence-corrected chi connectivity index (χ1v) is 13.8. The number of hydrogen-bond acceptors (Lipinski definition) is 6. The number of epoxide rings is 1. The van der Waals surface area contributed by atoms with Gasteiger partial charge in [0.15, 0.2) is 11.6 Å². The number of benzene rings is 1. The standard InChI is InChI=1S/C30H42N2O6/c1-20(2)16-24(28(36)30(4)19-38-30)31-29(37)23(17-22-10-6-5-7-11-22)18-26(34)25-12-8-9-15-32(25)27(35)14-13-21(3)33/h5-7,10-11,20,23-25H,8-9,12-19H2,1-4H3,(H,31,37)/t23-,24+,25?,30-/m1/s1. The van der Waals surface area contributed by atoms with Gasteiger partial charge in [0, 0.05) is 31.7 Å². The number of Topliss-reactive ketones (excluding diaryl/α,β-unsaturated/α-hetero) is 3. The summed E-state index contributed by atoms with van der Waals surface area (Å²) in [5.74, 6) is -1.39. The van der Waals surface area contributed by atoms with Gasteiger partial charge in [0.2, 0.25) is 11.8 Å². The van der Waals surface area contributed by atoms with Crippen LogP contribution in [-0.4, -0.2) is 64.9 Å². The average molecular weight is 527 g/mol. The highest BCUT2D eigenvalue weighted by molar-refractivity contribution is 5.98. The van der Waals surface area contributed by atoms with E-state index in [-0.39, 0.29) is 54.3 Å². The number of carbonyl (C=O) groups is 5.